The summed E-state index contributed by atoms with van der Waals surface area (Å²) in [6.45, 7) is 0. The summed E-state index contributed by atoms with van der Waals surface area (Å²) in [5, 5.41) is 0. The summed E-state index contributed by atoms with van der Waals surface area (Å²) in [6, 6.07) is 0. The first-order valence-corrected chi connectivity index (χ1v) is 2.94. The Hall–Kier alpha value is -0.300. The minimum absolute atomic E-state index is 0.351. The van der Waals surface area contributed by atoms with Crippen molar-refractivity contribution >= 4 is 0 Å². The lowest BCUT2D eigenvalue weighted by molar-refractivity contribution is 0.137. The summed E-state index contributed by atoms with van der Waals surface area (Å²) in [5.74, 6) is 0. The SMILES string of the molecule is COC1C=CC[CH]C1. The molecule has 1 nitrogen and oxygen atoms in total. The summed E-state index contributed by atoms with van der Waals surface area (Å²) in [5.41, 5.74) is 0. The lowest BCUT2D eigenvalue weighted by Gasteiger charge is -2.12. The minimum Gasteiger partial charge on any atom is -0.377 e. The number of rotatable bonds is 1. The Morgan fingerprint density at radius 2 is 2.50 bits per heavy atom. The zero-order chi connectivity index (χ0) is 5.82. The molecule has 0 aromatic rings. The predicted molar refractivity (Wildman–Crippen MR) is 33.5 cm³/mol. The Morgan fingerprint density at radius 1 is 1.62 bits per heavy atom. The second kappa shape index (κ2) is 2.88. The second-order valence-corrected chi connectivity index (χ2v) is 1.96. The van der Waals surface area contributed by atoms with Crippen LogP contribution in [0.2, 0.25) is 0 Å². The molecular formula is C7H11O. The van der Waals surface area contributed by atoms with Crippen molar-refractivity contribution < 1.29 is 4.74 Å². The first kappa shape index (κ1) is 5.83. The first-order valence-electron chi connectivity index (χ1n) is 2.94. The molecular weight excluding hydrogens is 100 g/mol. The fourth-order valence-corrected chi connectivity index (χ4v) is 0.840. The smallest absolute Gasteiger partial charge is 0.0754 e. The molecule has 1 rings (SSSR count). The van der Waals surface area contributed by atoms with Gasteiger partial charge in [-0.1, -0.05) is 12.2 Å². The van der Waals surface area contributed by atoms with Crippen LogP contribution in [0.15, 0.2) is 12.2 Å². The molecule has 0 aliphatic heterocycles. The Kier molecular flexibility index (Phi) is 2.10. The van der Waals surface area contributed by atoms with Crippen molar-refractivity contribution in [3.63, 3.8) is 0 Å². The van der Waals surface area contributed by atoms with Gasteiger partial charge in [0.25, 0.3) is 0 Å². The molecule has 45 valence electrons. The molecule has 0 bridgehead atoms. The Bertz CT molecular complexity index is 86.4. The van der Waals surface area contributed by atoms with Gasteiger partial charge in [0.1, 0.15) is 0 Å². The first-order chi connectivity index (χ1) is 3.93. The van der Waals surface area contributed by atoms with E-state index in [2.05, 4.69) is 18.6 Å². The van der Waals surface area contributed by atoms with Gasteiger partial charge in [-0.15, -0.1) is 0 Å². The van der Waals surface area contributed by atoms with E-state index in [1.54, 1.807) is 7.11 Å². The molecule has 0 fully saturated rings. The number of allylic oxidation sites excluding steroid dienone is 1. The van der Waals surface area contributed by atoms with Crippen LogP contribution in [0.4, 0.5) is 0 Å². The minimum atomic E-state index is 0.351. The molecule has 1 radical (unpaired) electrons. The van der Waals surface area contributed by atoms with Gasteiger partial charge in [0.15, 0.2) is 0 Å². The molecule has 1 unspecified atom stereocenters. The molecule has 0 spiro atoms. The molecule has 0 saturated heterocycles. The van der Waals surface area contributed by atoms with Crippen LogP contribution in [0.25, 0.3) is 0 Å². The zero-order valence-electron chi connectivity index (χ0n) is 5.13. The van der Waals surface area contributed by atoms with Gasteiger partial charge >= 0.3 is 0 Å². The lowest BCUT2D eigenvalue weighted by Crippen LogP contribution is -2.09. The second-order valence-electron chi connectivity index (χ2n) is 1.96. The van der Waals surface area contributed by atoms with Crippen molar-refractivity contribution in [1.29, 1.82) is 0 Å². The highest BCUT2D eigenvalue weighted by atomic mass is 16.5. The van der Waals surface area contributed by atoms with Crippen molar-refractivity contribution in [2.45, 2.75) is 18.9 Å². The fraction of sp³-hybridized carbons (Fsp3) is 0.571. The fourth-order valence-electron chi connectivity index (χ4n) is 0.840. The van der Waals surface area contributed by atoms with Crippen molar-refractivity contribution in [1.82, 2.24) is 0 Å². The zero-order valence-corrected chi connectivity index (χ0v) is 5.13. The molecule has 1 aliphatic carbocycles. The van der Waals surface area contributed by atoms with Crippen LogP contribution in [0.5, 0.6) is 0 Å². The van der Waals surface area contributed by atoms with E-state index >= 15 is 0 Å². The molecule has 0 heterocycles. The van der Waals surface area contributed by atoms with E-state index < -0.39 is 0 Å². The van der Waals surface area contributed by atoms with Gasteiger partial charge in [-0.3, -0.25) is 0 Å². The molecule has 1 heteroatoms. The van der Waals surface area contributed by atoms with Gasteiger partial charge in [-0.25, -0.2) is 0 Å². The van der Waals surface area contributed by atoms with Gasteiger partial charge in [0.2, 0.25) is 0 Å². The Balaban J connectivity index is 2.32. The molecule has 0 amide bonds. The summed E-state index contributed by atoms with van der Waals surface area (Å²) in [7, 11) is 1.74. The van der Waals surface area contributed by atoms with Crippen LogP contribution in [0, 0.1) is 6.42 Å². The Labute approximate surface area is 50.3 Å². The third-order valence-corrected chi connectivity index (χ3v) is 1.36. The Morgan fingerprint density at radius 3 is 2.88 bits per heavy atom. The molecule has 0 saturated carbocycles. The summed E-state index contributed by atoms with van der Waals surface area (Å²) in [4.78, 5) is 0. The van der Waals surface area contributed by atoms with E-state index in [0.717, 1.165) is 12.8 Å². The van der Waals surface area contributed by atoms with Gasteiger partial charge in [-0.2, -0.15) is 0 Å². The number of hydrogen-bond donors (Lipinski definition) is 0. The van der Waals surface area contributed by atoms with Gasteiger partial charge in [0, 0.05) is 7.11 Å². The van der Waals surface area contributed by atoms with E-state index in [4.69, 9.17) is 4.74 Å². The number of ether oxygens (including phenoxy) is 1. The van der Waals surface area contributed by atoms with E-state index in [0.29, 0.717) is 6.10 Å². The van der Waals surface area contributed by atoms with Gasteiger partial charge < -0.3 is 4.74 Å². The van der Waals surface area contributed by atoms with Crippen LogP contribution >= 0.6 is 0 Å². The van der Waals surface area contributed by atoms with E-state index in [-0.39, 0.29) is 0 Å². The molecule has 0 aromatic heterocycles. The highest BCUT2D eigenvalue weighted by Crippen LogP contribution is 2.10. The standard InChI is InChI=1S/C7H11O/c1-8-7-5-3-2-4-6-7/h3-5,7H,2,6H2,1H3. The third kappa shape index (κ3) is 1.34. The largest absolute Gasteiger partial charge is 0.377 e. The van der Waals surface area contributed by atoms with Crippen LogP contribution in [-0.4, -0.2) is 13.2 Å². The van der Waals surface area contributed by atoms with E-state index in [9.17, 15) is 0 Å². The summed E-state index contributed by atoms with van der Waals surface area (Å²) >= 11 is 0. The quantitative estimate of drug-likeness (QED) is 0.466. The molecule has 0 N–H and O–H groups in total. The van der Waals surface area contributed by atoms with Crippen molar-refractivity contribution in [3.05, 3.63) is 18.6 Å². The average molecular weight is 111 g/mol. The van der Waals surface area contributed by atoms with Crippen molar-refractivity contribution in [3.8, 4) is 0 Å². The highest BCUT2D eigenvalue weighted by molar-refractivity contribution is 5.00. The van der Waals surface area contributed by atoms with Crippen LogP contribution < -0.4 is 0 Å². The third-order valence-electron chi connectivity index (χ3n) is 1.36. The van der Waals surface area contributed by atoms with Crippen LogP contribution in [0.1, 0.15) is 12.8 Å². The van der Waals surface area contributed by atoms with Crippen molar-refractivity contribution in [2.75, 3.05) is 7.11 Å². The predicted octanol–water partition coefficient (Wildman–Crippen LogP) is 1.56. The normalized spacial score (nSPS) is 28.4. The average Bonchev–Trinajstić information content (AvgIpc) is 1.90. The maximum absolute atomic E-state index is 5.07. The molecule has 1 aliphatic rings. The topological polar surface area (TPSA) is 9.23 Å². The maximum atomic E-state index is 5.07. The monoisotopic (exact) mass is 111 g/mol. The molecule has 0 aromatic carbocycles. The number of methoxy groups -OCH3 is 1. The van der Waals surface area contributed by atoms with Gasteiger partial charge in [-0.05, 0) is 19.3 Å². The van der Waals surface area contributed by atoms with Gasteiger partial charge in [0.05, 0.1) is 6.10 Å². The summed E-state index contributed by atoms with van der Waals surface area (Å²) < 4.78 is 5.07. The number of hydrogen-bond acceptors (Lipinski definition) is 1. The molecule has 8 heavy (non-hydrogen) atoms. The maximum Gasteiger partial charge on any atom is 0.0754 e. The summed E-state index contributed by atoms with van der Waals surface area (Å²) in [6.07, 6.45) is 9.02. The van der Waals surface area contributed by atoms with Crippen LogP contribution in [-0.2, 0) is 4.74 Å². The van der Waals surface area contributed by atoms with E-state index in [1.165, 1.54) is 0 Å². The van der Waals surface area contributed by atoms with Crippen LogP contribution in [0.3, 0.4) is 0 Å². The lowest BCUT2D eigenvalue weighted by atomic mass is 10.1. The highest BCUT2D eigenvalue weighted by Gasteiger charge is 2.04. The van der Waals surface area contributed by atoms with E-state index in [1.807, 2.05) is 0 Å². The van der Waals surface area contributed by atoms with Crippen molar-refractivity contribution in [2.24, 2.45) is 0 Å². The molecule has 1 atom stereocenters.